The van der Waals surface area contributed by atoms with Crippen LogP contribution in [0.2, 0.25) is 5.02 Å². The summed E-state index contributed by atoms with van der Waals surface area (Å²) in [6.07, 6.45) is -0.910. The van der Waals surface area contributed by atoms with E-state index < -0.39 is 12.0 Å². The SMILES string of the molecule is O=C(N=Nc1c(O)n(Cc2ccccc2Cl)c2ccccc12)C1COc2ccccc2O1. The zero-order chi connectivity index (χ0) is 22.1. The van der Waals surface area contributed by atoms with Gasteiger partial charge in [0.2, 0.25) is 12.0 Å². The molecule has 0 saturated carbocycles. The van der Waals surface area contributed by atoms with E-state index in [0.29, 0.717) is 28.5 Å². The summed E-state index contributed by atoms with van der Waals surface area (Å²) in [6.45, 7) is 0.376. The van der Waals surface area contributed by atoms with E-state index in [1.54, 1.807) is 28.8 Å². The maximum absolute atomic E-state index is 12.6. The second kappa shape index (κ2) is 8.36. The first-order valence-corrected chi connectivity index (χ1v) is 10.4. The average molecular weight is 448 g/mol. The van der Waals surface area contributed by atoms with E-state index in [4.69, 9.17) is 21.1 Å². The number of benzene rings is 3. The Labute approximate surface area is 188 Å². The van der Waals surface area contributed by atoms with E-state index >= 15 is 0 Å². The highest BCUT2D eigenvalue weighted by Crippen LogP contribution is 2.40. The predicted molar refractivity (Wildman–Crippen MR) is 120 cm³/mol. The van der Waals surface area contributed by atoms with E-state index in [-0.39, 0.29) is 18.2 Å². The lowest BCUT2D eigenvalue weighted by molar-refractivity contribution is -0.127. The van der Waals surface area contributed by atoms with Crippen molar-refractivity contribution in [1.29, 1.82) is 0 Å². The first-order valence-electron chi connectivity index (χ1n) is 9.99. The maximum Gasteiger partial charge on any atom is 0.308 e. The first kappa shape index (κ1) is 20.1. The van der Waals surface area contributed by atoms with Crippen molar-refractivity contribution in [2.75, 3.05) is 6.61 Å². The third-order valence-electron chi connectivity index (χ3n) is 5.24. The summed E-state index contributed by atoms with van der Waals surface area (Å²) >= 11 is 6.30. The molecule has 4 aromatic rings. The predicted octanol–water partition coefficient (Wildman–Crippen LogP) is 5.50. The van der Waals surface area contributed by atoms with Crippen LogP contribution in [-0.4, -0.2) is 28.3 Å². The second-order valence-corrected chi connectivity index (χ2v) is 7.68. The molecule has 1 aliphatic rings. The van der Waals surface area contributed by atoms with Crippen molar-refractivity contribution in [1.82, 2.24) is 4.57 Å². The monoisotopic (exact) mass is 447 g/mol. The molecule has 1 amide bonds. The van der Waals surface area contributed by atoms with E-state index in [9.17, 15) is 9.90 Å². The Morgan fingerprint density at radius 2 is 1.75 bits per heavy atom. The van der Waals surface area contributed by atoms with Gasteiger partial charge < -0.3 is 19.1 Å². The van der Waals surface area contributed by atoms with Gasteiger partial charge in [0.05, 0.1) is 12.1 Å². The van der Waals surface area contributed by atoms with Gasteiger partial charge in [-0.3, -0.25) is 4.79 Å². The van der Waals surface area contributed by atoms with Crippen molar-refractivity contribution < 1.29 is 19.4 Å². The Hall–Kier alpha value is -3.84. The molecule has 5 rings (SSSR count). The Bertz CT molecular complexity index is 1350. The Morgan fingerprint density at radius 1 is 1.03 bits per heavy atom. The smallest absolute Gasteiger partial charge is 0.308 e. The minimum Gasteiger partial charge on any atom is -0.493 e. The highest BCUT2D eigenvalue weighted by molar-refractivity contribution is 6.31. The average Bonchev–Trinajstić information content (AvgIpc) is 3.09. The minimum absolute atomic E-state index is 0.0368. The van der Waals surface area contributed by atoms with Crippen molar-refractivity contribution in [3.63, 3.8) is 0 Å². The molecule has 1 unspecified atom stereocenters. The van der Waals surface area contributed by atoms with Crippen LogP contribution in [0.4, 0.5) is 5.69 Å². The van der Waals surface area contributed by atoms with Gasteiger partial charge in [0.25, 0.3) is 0 Å². The number of nitrogens with zero attached hydrogens (tertiary/aromatic N) is 3. The van der Waals surface area contributed by atoms with Gasteiger partial charge in [-0.1, -0.05) is 60.1 Å². The third-order valence-corrected chi connectivity index (χ3v) is 5.61. The van der Waals surface area contributed by atoms with Crippen LogP contribution in [0.3, 0.4) is 0 Å². The summed E-state index contributed by atoms with van der Waals surface area (Å²) in [4.78, 5) is 12.6. The number of para-hydroxylation sites is 3. The molecule has 1 aliphatic heterocycles. The molecule has 8 heteroatoms. The number of amides is 1. The van der Waals surface area contributed by atoms with Gasteiger partial charge in [0.1, 0.15) is 6.61 Å². The third kappa shape index (κ3) is 3.67. The number of rotatable bonds is 4. The highest BCUT2D eigenvalue weighted by atomic mass is 35.5. The zero-order valence-corrected chi connectivity index (χ0v) is 17.6. The van der Waals surface area contributed by atoms with Gasteiger partial charge in [0.15, 0.2) is 17.2 Å². The molecule has 32 heavy (non-hydrogen) atoms. The van der Waals surface area contributed by atoms with Crippen molar-refractivity contribution >= 4 is 34.1 Å². The van der Waals surface area contributed by atoms with Gasteiger partial charge in [-0.05, 0) is 29.8 Å². The molecule has 160 valence electrons. The van der Waals surface area contributed by atoms with Crippen LogP contribution >= 0.6 is 11.6 Å². The first-order chi connectivity index (χ1) is 15.6. The number of carbonyl (C=O) groups excluding carboxylic acids is 1. The van der Waals surface area contributed by atoms with Crippen LogP contribution in [0.15, 0.2) is 83.0 Å². The number of azo groups is 1. The fourth-order valence-electron chi connectivity index (χ4n) is 3.63. The number of halogens is 1. The van der Waals surface area contributed by atoms with E-state index in [1.807, 2.05) is 48.5 Å². The molecule has 1 aromatic heterocycles. The Balaban J connectivity index is 1.44. The van der Waals surface area contributed by atoms with E-state index in [0.717, 1.165) is 11.1 Å². The van der Waals surface area contributed by atoms with Gasteiger partial charge in [-0.2, -0.15) is 0 Å². The van der Waals surface area contributed by atoms with E-state index in [2.05, 4.69) is 10.2 Å². The second-order valence-electron chi connectivity index (χ2n) is 7.27. The number of aromatic hydroxyl groups is 1. The number of carbonyl (C=O) groups is 1. The van der Waals surface area contributed by atoms with Gasteiger partial charge >= 0.3 is 5.91 Å². The maximum atomic E-state index is 12.6. The van der Waals surface area contributed by atoms with Crippen molar-refractivity contribution in [2.24, 2.45) is 10.2 Å². The number of hydrogen-bond donors (Lipinski definition) is 1. The largest absolute Gasteiger partial charge is 0.493 e. The van der Waals surface area contributed by atoms with Crippen LogP contribution in [0.5, 0.6) is 17.4 Å². The molecule has 7 nitrogen and oxygen atoms in total. The lowest BCUT2D eigenvalue weighted by Crippen LogP contribution is -2.35. The summed E-state index contributed by atoms with van der Waals surface area (Å²) in [5.41, 5.74) is 1.80. The van der Waals surface area contributed by atoms with Crippen LogP contribution in [0.1, 0.15) is 5.56 Å². The number of hydrogen-bond acceptors (Lipinski definition) is 5. The van der Waals surface area contributed by atoms with Crippen molar-refractivity contribution in [3.05, 3.63) is 83.4 Å². The summed E-state index contributed by atoms with van der Waals surface area (Å²) < 4.78 is 12.9. The fraction of sp³-hybridized carbons (Fsp3) is 0.125. The Kier molecular flexibility index (Phi) is 5.25. The zero-order valence-electron chi connectivity index (χ0n) is 16.8. The molecule has 0 saturated heterocycles. The summed E-state index contributed by atoms with van der Waals surface area (Å²) in [7, 11) is 0. The van der Waals surface area contributed by atoms with Gasteiger partial charge in [-0.15, -0.1) is 10.2 Å². The summed E-state index contributed by atoms with van der Waals surface area (Å²) in [5, 5.41) is 20.1. The number of fused-ring (bicyclic) bond motifs is 2. The summed E-state index contributed by atoms with van der Waals surface area (Å²) in [6, 6.07) is 21.9. The van der Waals surface area contributed by atoms with Crippen LogP contribution < -0.4 is 9.47 Å². The molecular weight excluding hydrogens is 430 g/mol. The van der Waals surface area contributed by atoms with Crippen LogP contribution in [0.25, 0.3) is 10.9 Å². The molecule has 0 fully saturated rings. The molecule has 1 N–H and O–H groups in total. The molecular formula is C24H18ClN3O4. The van der Waals surface area contributed by atoms with Gasteiger partial charge in [-0.25, -0.2) is 0 Å². The van der Waals surface area contributed by atoms with E-state index in [1.165, 1.54) is 0 Å². The number of ether oxygens (including phenoxy) is 2. The van der Waals surface area contributed by atoms with Crippen LogP contribution in [-0.2, 0) is 11.3 Å². The quantitative estimate of drug-likeness (QED) is 0.418. The topological polar surface area (TPSA) is 85.4 Å². The molecule has 0 bridgehead atoms. The molecule has 1 atom stereocenters. The van der Waals surface area contributed by atoms with Crippen molar-refractivity contribution in [2.45, 2.75) is 12.6 Å². The van der Waals surface area contributed by atoms with Gasteiger partial charge in [0, 0.05) is 10.4 Å². The Morgan fingerprint density at radius 3 is 2.59 bits per heavy atom. The summed E-state index contributed by atoms with van der Waals surface area (Å²) in [5.74, 6) is 0.357. The molecule has 0 spiro atoms. The van der Waals surface area contributed by atoms with Crippen LogP contribution in [0, 0.1) is 0 Å². The number of aromatic nitrogens is 1. The molecule has 0 radical (unpaired) electrons. The molecule has 3 aromatic carbocycles. The fourth-order valence-corrected chi connectivity index (χ4v) is 3.83. The normalized spacial score (nSPS) is 15.3. The highest BCUT2D eigenvalue weighted by Gasteiger charge is 2.27. The molecule has 0 aliphatic carbocycles. The lowest BCUT2D eigenvalue weighted by atomic mass is 10.2. The minimum atomic E-state index is -0.910. The standard InChI is InChI=1S/C24H18ClN3O4/c25-17-9-3-1-7-15(17)13-28-18-10-4-2-8-16(18)22(24(28)30)26-27-23(29)21-14-31-19-11-5-6-12-20(19)32-21/h1-12,21,30H,13-14H2. The van der Waals surface area contributed by atoms with Crippen molar-refractivity contribution in [3.8, 4) is 17.4 Å². The molecule has 2 heterocycles. The lowest BCUT2D eigenvalue weighted by Gasteiger charge is -2.23.